The summed E-state index contributed by atoms with van der Waals surface area (Å²) in [4.78, 5) is 7.52. The van der Waals surface area contributed by atoms with Gasteiger partial charge in [0, 0.05) is 18.5 Å². The summed E-state index contributed by atoms with van der Waals surface area (Å²) in [6, 6.07) is 5.29. The molecule has 3 aromatic rings. The van der Waals surface area contributed by atoms with Crippen LogP contribution in [0.3, 0.4) is 0 Å². The van der Waals surface area contributed by atoms with E-state index in [1.54, 1.807) is 6.92 Å². The van der Waals surface area contributed by atoms with E-state index < -0.39 is 11.1 Å². The van der Waals surface area contributed by atoms with E-state index in [9.17, 15) is 18.3 Å². The van der Waals surface area contributed by atoms with Crippen molar-refractivity contribution in [1.29, 1.82) is 0 Å². The van der Waals surface area contributed by atoms with E-state index in [1.165, 1.54) is 30.6 Å². The van der Waals surface area contributed by atoms with Crippen molar-refractivity contribution in [3.63, 3.8) is 0 Å². The Morgan fingerprint density at radius 3 is 2.64 bits per heavy atom. The van der Waals surface area contributed by atoms with Crippen molar-refractivity contribution in [3.8, 4) is 28.0 Å². The molecule has 130 valence electrons. The highest BCUT2D eigenvalue weighted by Gasteiger charge is 2.32. The highest BCUT2D eigenvalue weighted by Crippen LogP contribution is 2.41. The van der Waals surface area contributed by atoms with Gasteiger partial charge in [0.1, 0.15) is 9.90 Å². The number of hydrogen-bond acceptors (Lipinski definition) is 5. The minimum atomic E-state index is -4.42. The zero-order valence-electron chi connectivity index (χ0n) is 12.6. The largest absolute Gasteiger partial charge is 0.503 e. The number of thiophene rings is 1. The van der Waals surface area contributed by atoms with Crippen molar-refractivity contribution in [2.45, 2.75) is 13.1 Å². The quantitative estimate of drug-likeness (QED) is 0.628. The molecule has 0 atom stereocenters. The van der Waals surface area contributed by atoms with E-state index in [-0.39, 0.29) is 28.1 Å². The molecule has 0 unspecified atom stereocenters. The van der Waals surface area contributed by atoms with Gasteiger partial charge in [0.25, 0.3) is 5.88 Å². The van der Waals surface area contributed by atoms with E-state index in [0.29, 0.717) is 21.8 Å². The van der Waals surface area contributed by atoms with Gasteiger partial charge in [-0.05, 0) is 30.7 Å². The lowest BCUT2D eigenvalue weighted by Crippen LogP contribution is -2.00. The van der Waals surface area contributed by atoms with Crippen molar-refractivity contribution in [2.75, 3.05) is 0 Å². The summed E-state index contributed by atoms with van der Waals surface area (Å²) < 4.78 is 43.8. The minimum absolute atomic E-state index is 0.148. The van der Waals surface area contributed by atoms with E-state index in [2.05, 4.69) is 9.97 Å². The van der Waals surface area contributed by atoms with E-state index in [1.807, 2.05) is 0 Å². The molecule has 0 aliphatic carbocycles. The van der Waals surface area contributed by atoms with Crippen LogP contribution in [-0.2, 0) is 6.18 Å². The van der Waals surface area contributed by atoms with Gasteiger partial charge in [-0.15, -0.1) is 11.3 Å². The molecule has 0 saturated heterocycles. The van der Waals surface area contributed by atoms with Crippen LogP contribution in [0.1, 0.15) is 10.4 Å². The normalized spacial score (nSPS) is 11.6. The molecule has 25 heavy (non-hydrogen) atoms. The summed E-state index contributed by atoms with van der Waals surface area (Å²) in [6.07, 6.45) is -1.61. The first kappa shape index (κ1) is 17.5. The molecule has 3 aromatic heterocycles. The fourth-order valence-corrected chi connectivity index (χ4v) is 3.00. The molecule has 0 bridgehead atoms. The molecule has 3 rings (SSSR count). The van der Waals surface area contributed by atoms with Crippen LogP contribution < -0.4 is 4.74 Å². The summed E-state index contributed by atoms with van der Waals surface area (Å²) >= 11 is 6.52. The molecule has 0 fully saturated rings. The second-order valence-corrected chi connectivity index (χ2v) is 6.54. The fourth-order valence-electron chi connectivity index (χ4n) is 2.01. The number of halogens is 4. The maximum Gasteiger partial charge on any atom is 0.425 e. The van der Waals surface area contributed by atoms with Crippen molar-refractivity contribution in [3.05, 3.63) is 52.1 Å². The third-order valence-corrected chi connectivity index (χ3v) is 4.67. The maximum absolute atomic E-state index is 12.8. The fraction of sp³-hybridized carbons (Fsp3) is 0.125. The van der Waals surface area contributed by atoms with Crippen LogP contribution in [-0.4, -0.2) is 15.1 Å². The number of aryl methyl sites for hydroxylation is 1. The average molecular weight is 387 g/mol. The van der Waals surface area contributed by atoms with E-state index in [4.69, 9.17) is 16.3 Å². The summed E-state index contributed by atoms with van der Waals surface area (Å²) in [5, 5.41) is 10.3. The Morgan fingerprint density at radius 2 is 2.00 bits per heavy atom. The summed E-state index contributed by atoms with van der Waals surface area (Å²) in [6.45, 7) is 1.60. The van der Waals surface area contributed by atoms with Crippen LogP contribution in [0.25, 0.3) is 10.6 Å². The second kappa shape index (κ2) is 6.53. The highest BCUT2D eigenvalue weighted by atomic mass is 35.5. The molecule has 3 heterocycles. The molecular weight excluding hydrogens is 377 g/mol. The lowest BCUT2D eigenvalue weighted by atomic mass is 10.2. The molecule has 0 spiro atoms. The standard InChI is InChI=1S/C16H10ClF3N2O2S/c1-8-6-10(12-2-3-13(25-12)16(18,19)20)22-15(14(8)23)24-11-4-5-21-7-9(11)17/h2-7,23H,1H3. The topological polar surface area (TPSA) is 55.2 Å². The lowest BCUT2D eigenvalue weighted by Gasteiger charge is -2.11. The highest BCUT2D eigenvalue weighted by molar-refractivity contribution is 7.15. The number of alkyl halides is 3. The van der Waals surface area contributed by atoms with Crippen molar-refractivity contribution in [2.24, 2.45) is 0 Å². The van der Waals surface area contributed by atoms with E-state index in [0.717, 1.165) is 6.07 Å². The van der Waals surface area contributed by atoms with Gasteiger partial charge in [-0.1, -0.05) is 11.6 Å². The molecule has 0 aliphatic heterocycles. The zero-order chi connectivity index (χ0) is 18.2. The number of hydrogen-bond donors (Lipinski definition) is 1. The van der Waals surface area contributed by atoms with Crippen LogP contribution in [0.4, 0.5) is 13.2 Å². The van der Waals surface area contributed by atoms with Gasteiger partial charge >= 0.3 is 6.18 Å². The Kier molecular flexibility index (Phi) is 4.57. The predicted octanol–water partition coefficient (Wildman–Crippen LogP) is 5.68. The summed E-state index contributed by atoms with van der Waals surface area (Å²) in [5.74, 6) is -0.146. The van der Waals surface area contributed by atoms with Crippen molar-refractivity contribution in [1.82, 2.24) is 9.97 Å². The molecule has 1 N–H and O–H groups in total. The van der Waals surface area contributed by atoms with Crippen molar-refractivity contribution >= 4 is 22.9 Å². The van der Waals surface area contributed by atoms with Crippen LogP contribution in [0.5, 0.6) is 17.4 Å². The first-order valence-electron chi connectivity index (χ1n) is 6.91. The summed E-state index contributed by atoms with van der Waals surface area (Å²) in [7, 11) is 0. The number of ether oxygens (including phenoxy) is 1. The van der Waals surface area contributed by atoms with Crippen molar-refractivity contribution < 1.29 is 23.0 Å². The van der Waals surface area contributed by atoms with Gasteiger partial charge in [0.05, 0.1) is 10.6 Å². The van der Waals surface area contributed by atoms with Crippen LogP contribution in [0, 0.1) is 6.92 Å². The second-order valence-electron chi connectivity index (χ2n) is 5.05. The Morgan fingerprint density at radius 1 is 1.24 bits per heavy atom. The molecule has 0 aromatic carbocycles. The molecule has 0 saturated carbocycles. The van der Waals surface area contributed by atoms with Crippen LogP contribution in [0.15, 0.2) is 36.7 Å². The lowest BCUT2D eigenvalue weighted by molar-refractivity contribution is -0.134. The van der Waals surface area contributed by atoms with Crippen LogP contribution in [0.2, 0.25) is 5.02 Å². The third kappa shape index (κ3) is 3.69. The average Bonchev–Trinajstić information content (AvgIpc) is 3.04. The molecular formula is C16H10ClF3N2O2S. The molecule has 0 radical (unpaired) electrons. The molecule has 4 nitrogen and oxygen atoms in total. The monoisotopic (exact) mass is 386 g/mol. The van der Waals surface area contributed by atoms with Gasteiger partial charge in [0.15, 0.2) is 11.5 Å². The zero-order valence-corrected chi connectivity index (χ0v) is 14.2. The van der Waals surface area contributed by atoms with Gasteiger partial charge < -0.3 is 9.84 Å². The Hall–Kier alpha value is -2.32. The third-order valence-electron chi connectivity index (χ3n) is 3.23. The summed E-state index contributed by atoms with van der Waals surface area (Å²) in [5.41, 5.74) is 0.670. The van der Waals surface area contributed by atoms with Gasteiger partial charge in [-0.2, -0.15) is 13.2 Å². The van der Waals surface area contributed by atoms with E-state index >= 15 is 0 Å². The predicted molar refractivity (Wildman–Crippen MR) is 88.3 cm³/mol. The number of rotatable bonds is 3. The molecule has 0 amide bonds. The molecule has 0 aliphatic rings. The molecule has 9 heteroatoms. The Balaban J connectivity index is 2.01. The number of aromatic nitrogens is 2. The van der Waals surface area contributed by atoms with Crippen LogP contribution >= 0.6 is 22.9 Å². The number of aromatic hydroxyl groups is 1. The van der Waals surface area contributed by atoms with Gasteiger partial charge in [-0.25, -0.2) is 4.98 Å². The van der Waals surface area contributed by atoms with Gasteiger partial charge in [-0.3, -0.25) is 4.98 Å². The SMILES string of the molecule is Cc1cc(-c2ccc(C(F)(F)F)s2)nc(Oc2ccncc2Cl)c1O. The Bertz CT molecular complexity index is 928. The first-order chi connectivity index (χ1) is 11.8. The van der Waals surface area contributed by atoms with Gasteiger partial charge in [0.2, 0.25) is 0 Å². The smallest absolute Gasteiger partial charge is 0.425 e. The first-order valence-corrected chi connectivity index (χ1v) is 8.10. The minimum Gasteiger partial charge on any atom is -0.503 e. The maximum atomic E-state index is 12.8. The Labute approximate surface area is 149 Å². The number of nitrogens with zero attached hydrogens (tertiary/aromatic N) is 2. The number of pyridine rings is 2.